The van der Waals surface area contributed by atoms with Crippen molar-refractivity contribution in [3.63, 3.8) is 0 Å². The minimum atomic E-state index is -0.243. The molecule has 2 heterocycles. The molecule has 0 unspecified atom stereocenters. The van der Waals surface area contributed by atoms with Crippen LogP contribution in [0.5, 0.6) is 0 Å². The summed E-state index contributed by atoms with van der Waals surface area (Å²) >= 11 is 0. The van der Waals surface area contributed by atoms with Crippen molar-refractivity contribution in [1.29, 1.82) is 0 Å². The Morgan fingerprint density at radius 2 is 1.88 bits per heavy atom. The van der Waals surface area contributed by atoms with Crippen molar-refractivity contribution >= 4 is 0 Å². The molecule has 1 aliphatic heterocycles. The zero-order valence-corrected chi connectivity index (χ0v) is 14.5. The van der Waals surface area contributed by atoms with E-state index in [1.165, 1.54) is 18.2 Å². The number of benzene rings is 2. The van der Waals surface area contributed by atoms with Gasteiger partial charge in [0, 0.05) is 35.8 Å². The van der Waals surface area contributed by atoms with Crippen LogP contribution in [0.2, 0.25) is 0 Å². The molecular formula is C21H21F2N3. The first-order chi connectivity index (χ1) is 12.7. The first-order valence-corrected chi connectivity index (χ1v) is 8.95. The van der Waals surface area contributed by atoms with E-state index in [9.17, 15) is 8.78 Å². The highest BCUT2D eigenvalue weighted by Gasteiger charge is 2.25. The molecule has 0 amide bonds. The monoisotopic (exact) mass is 353 g/mol. The lowest BCUT2D eigenvalue weighted by Crippen LogP contribution is -2.34. The van der Waals surface area contributed by atoms with Crippen LogP contribution in [0.3, 0.4) is 0 Å². The third-order valence-electron chi connectivity index (χ3n) is 5.09. The minimum absolute atomic E-state index is 0.150. The van der Waals surface area contributed by atoms with E-state index in [0.717, 1.165) is 48.3 Å². The van der Waals surface area contributed by atoms with Gasteiger partial charge < -0.3 is 0 Å². The van der Waals surface area contributed by atoms with Gasteiger partial charge in [-0.1, -0.05) is 30.3 Å². The third kappa shape index (κ3) is 3.53. The van der Waals surface area contributed by atoms with Crippen molar-refractivity contribution < 1.29 is 8.78 Å². The molecule has 4 rings (SSSR count). The number of hydrogen-bond donors (Lipinski definition) is 1. The quantitative estimate of drug-likeness (QED) is 0.735. The Balaban J connectivity index is 1.53. The molecule has 2 aromatic carbocycles. The van der Waals surface area contributed by atoms with Crippen LogP contribution in [-0.2, 0) is 6.54 Å². The number of piperidine rings is 1. The summed E-state index contributed by atoms with van der Waals surface area (Å²) < 4.78 is 27.2. The van der Waals surface area contributed by atoms with Crippen molar-refractivity contribution in [3.05, 3.63) is 77.6 Å². The van der Waals surface area contributed by atoms with E-state index >= 15 is 0 Å². The fourth-order valence-corrected chi connectivity index (χ4v) is 3.77. The Kier molecular flexibility index (Phi) is 4.80. The van der Waals surface area contributed by atoms with Gasteiger partial charge in [-0.05, 0) is 43.1 Å². The van der Waals surface area contributed by atoms with Gasteiger partial charge in [0.25, 0.3) is 0 Å². The second-order valence-corrected chi connectivity index (χ2v) is 6.87. The van der Waals surface area contributed by atoms with E-state index in [4.69, 9.17) is 0 Å². The number of hydrogen-bond acceptors (Lipinski definition) is 2. The number of likely N-dealkylation sites (tertiary alicyclic amines) is 1. The highest BCUT2D eigenvalue weighted by molar-refractivity contribution is 5.65. The summed E-state index contributed by atoms with van der Waals surface area (Å²) in [5.41, 5.74) is 3.79. The van der Waals surface area contributed by atoms with Crippen LogP contribution in [0.4, 0.5) is 8.78 Å². The SMILES string of the molecule is Fc1ccc(-c2cn[nH]c2[C@H]2CCCN(Cc3ccccc3F)C2)cc1. The molecule has 1 saturated heterocycles. The van der Waals surface area contributed by atoms with Crippen LogP contribution in [0.15, 0.2) is 54.7 Å². The van der Waals surface area contributed by atoms with E-state index in [1.807, 2.05) is 12.1 Å². The van der Waals surface area contributed by atoms with Crippen LogP contribution in [-0.4, -0.2) is 28.2 Å². The summed E-state index contributed by atoms with van der Waals surface area (Å²) in [7, 11) is 0. The van der Waals surface area contributed by atoms with Crippen molar-refractivity contribution in [3.8, 4) is 11.1 Å². The zero-order valence-electron chi connectivity index (χ0n) is 14.5. The lowest BCUT2D eigenvalue weighted by Gasteiger charge is -2.32. The molecule has 1 aliphatic rings. The van der Waals surface area contributed by atoms with Gasteiger partial charge in [-0.2, -0.15) is 5.10 Å². The Morgan fingerprint density at radius 3 is 2.69 bits per heavy atom. The normalized spacial score (nSPS) is 18.2. The molecule has 1 N–H and O–H groups in total. The number of aromatic amines is 1. The topological polar surface area (TPSA) is 31.9 Å². The van der Waals surface area contributed by atoms with Crippen molar-refractivity contribution in [2.24, 2.45) is 0 Å². The predicted molar refractivity (Wildman–Crippen MR) is 97.6 cm³/mol. The lowest BCUT2D eigenvalue weighted by atomic mass is 9.90. The first kappa shape index (κ1) is 16.9. The van der Waals surface area contributed by atoms with E-state index < -0.39 is 0 Å². The summed E-state index contributed by atoms with van der Waals surface area (Å²) in [4.78, 5) is 2.29. The molecule has 3 nitrogen and oxygen atoms in total. The van der Waals surface area contributed by atoms with Crippen LogP contribution in [0.25, 0.3) is 11.1 Å². The molecule has 0 radical (unpaired) electrons. The average Bonchev–Trinajstić information content (AvgIpc) is 3.14. The minimum Gasteiger partial charge on any atom is -0.298 e. The molecule has 1 aromatic heterocycles. The number of halogens is 2. The van der Waals surface area contributed by atoms with E-state index in [1.54, 1.807) is 24.4 Å². The second kappa shape index (κ2) is 7.38. The van der Waals surface area contributed by atoms with Gasteiger partial charge in [-0.25, -0.2) is 8.78 Å². The molecule has 26 heavy (non-hydrogen) atoms. The summed E-state index contributed by atoms with van der Waals surface area (Å²) in [5.74, 6) is -0.0891. The van der Waals surface area contributed by atoms with Crippen LogP contribution in [0.1, 0.15) is 30.0 Å². The van der Waals surface area contributed by atoms with Crippen LogP contribution < -0.4 is 0 Å². The Hall–Kier alpha value is -2.53. The van der Waals surface area contributed by atoms with Gasteiger partial charge in [-0.3, -0.25) is 10.00 Å². The number of nitrogens with one attached hydrogen (secondary N) is 1. The van der Waals surface area contributed by atoms with Gasteiger partial charge >= 0.3 is 0 Å². The molecule has 5 heteroatoms. The van der Waals surface area contributed by atoms with Crippen LogP contribution in [0, 0.1) is 11.6 Å². The molecule has 1 fully saturated rings. The highest BCUT2D eigenvalue weighted by atomic mass is 19.1. The van der Waals surface area contributed by atoms with Gasteiger partial charge in [0.1, 0.15) is 11.6 Å². The Bertz CT molecular complexity index is 873. The first-order valence-electron chi connectivity index (χ1n) is 8.95. The van der Waals surface area contributed by atoms with E-state index in [0.29, 0.717) is 12.5 Å². The predicted octanol–water partition coefficient (Wildman–Crippen LogP) is 4.73. The van der Waals surface area contributed by atoms with Crippen LogP contribution >= 0.6 is 0 Å². The van der Waals surface area contributed by atoms with Crippen molar-refractivity contribution in [2.45, 2.75) is 25.3 Å². The number of rotatable bonds is 4. The smallest absolute Gasteiger partial charge is 0.127 e. The van der Waals surface area contributed by atoms with Crippen molar-refractivity contribution in [2.75, 3.05) is 13.1 Å². The number of aromatic nitrogens is 2. The average molecular weight is 353 g/mol. The molecular weight excluding hydrogens is 332 g/mol. The van der Waals surface area contributed by atoms with E-state index in [-0.39, 0.29) is 11.6 Å². The zero-order chi connectivity index (χ0) is 17.9. The standard InChI is InChI=1S/C21H21F2N3/c22-18-9-7-15(8-10-18)19-12-24-25-21(19)17-5-3-11-26(14-17)13-16-4-1-2-6-20(16)23/h1-2,4,6-10,12,17H,3,5,11,13-14H2,(H,24,25)/t17-/m0/s1. The summed E-state index contributed by atoms with van der Waals surface area (Å²) in [6.45, 7) is 2.43. The molecule has 1 atom stereocenters. The molecule has 134 valence electrons. The maximum absolute atomic E-state index is 14.0. The summed E-state index contributed by atoms with van der Waals surface area (Å²) in [6.07, 6.45) is 3.92. The Morgan fingerprint density at radius 1 is 1.08 bits per heavy atom. The lowest BCUT2D eigenvalue weighted by molar-refractivity contribution is 0.196. The van der Waals surface area contributed by atoms with Gasteiger partial charge in [0.05, 0.1) is 6.20 Å². The largest absolute Gasteiger partial charge is 0.298 e. The fourth-order valence-electron chi connectivity index (χ4n) is 3.77. The van der Waals surface area contributed by atoms with Gasteiger partial charge in [0.15, 0.2) is 0 Å². The molecule has 3 aromatic rings. The summed E-state index contributed by atoms with van der Waals surface area (Å²) in [6, 6.07) is 13.5. The molecule has 0 spiro atoms. The maximum atomic E-state index is 14.0. The fraction of sp³-hybridized carbons (Fsp3) is 0.286. The Labute approximate surface area is 151 Å². The molecule has 0 bridgehead atoms. The second-order valence-electron chi connectivity index (χ2n) is 6.87. The number of nitrogens with zero attached hydrogens (tertiary/aromatic N) is 2. The van der Waals surface area contributed by atoms with Gasteiger partial charge in [-0.15, -0.1) is 0 Å². The molecule has 0 aliphatic carbocycles. The molecule has 0 saturated carbocycles. The number of H-pyrrole nitrogens is 1. The van der Waals surface area contributed by atoms with E-state index in [2.05, 4.69) is 15.1 Å². The summed E-state index contributed by atoms with van der Waals surface area (Å²) in [5, 5.41) is 7.36. The van der Waals surface area contributed by atoms with Crippen molar-refractivity contribution in [1.82, 2.24) is 15.1 Å². The van der Waals surface area contributed by atoms with Gasteiger partial charge in [0.2, 0.25) is 0 Å². The highest BCUT2D eigenvalue weighted by Crippen LogP contribution is 2.33. The maximum Gasteiger partial charge on any atom is 0.127 e. The third-order valence-corrected chi connectivity index (χ3v) is 5.09.